The third-order valence-electron chi connectivity index (χ3n) is 6.07. The second kappa shape index (κ2) is 3.33. The van der Waals surface area contributed by atoms with Crippen LogP contribution < -0.4 is 0 Å². The van der Waals surface area contributed by atoms with Gasteiger partial charge in [0.05, 0.1) is 10.8 Å². The van der Waals surface area contributed by atoms with Crippen molar-refractivity contribution in [2.24, 2.45) is 22.2 Å². The first-order chi connectivity index (χ1) is 8.55. The number of carbonyl (C=O) groups excluding carboxylic acids is 1. The highest BCUT2D eigenvalue weighted by atomic mass is 32.2. The fraction of sp³-hybridized carbons (Fsp3) is 0.800. The molecule has 19 heavy (non-hydrogen) atoms. The Balaban J connectivity index is 2.24. The lowest BCUT2D eigenvalue weighted by atomic mass is 9.42. The van der Waals surface area contributed by atoms with Gasteiger partial charge in [0.1, 0.15) is 5.78 Å². The van der Waals surface area contributed by atoms with Crippen LogP contribution in [0, 0.1) is 22.2 Å². The molecular weight excluding hydrogens is 260 g/mol. The van der Waals surface area contributed by atoms with Crippen molar-refractivity contribution in [2.45, 2.75) is 46.5 Å². The maximum absolute atomic E-state index is 12.4. The van der Waals surface area contributed by atoms with E-state index in [0.29, 0.717) is 11.3 Å². The van der Waals surface area contributed by atoms with Gasteiger partial charge >= 0.3 is 0 Å². The lowest BCUT2D eigenvalue weighted by Gasteiger charge is -2.62. The van der Waals surface area contributed by atoms with Crippen molar-refractivity contribution in [3.63, 3.8) is 0 Å². The van der Waals surface area contributed by atoms with Crippen LogP contribution in [0.15, 0.2) is 11.0 Å². The predicted molar refractivity (Wildman–Crippen MR) is 74.2 cm³/mol. The van der Waals surface area contributed by atoms with E-state index in [1.807, 2.05) is 6.08 Å². The molecule has 3 aliphatic carbocycles. The third kappa shape index (κ3) is 1.34. The first-order valence-electron chi connectivity index (χ1n) is 7.01. The summed E-state index contributed by atoms with van der Waals surface area (Å²) in [5, 5.41) is 0. The molecule has 2 saturated carbocycles. The molecule has 0 N–H and O–H groups in total. The van der Waals surface area contributed by atoms with Crippen LogP contribution in [0.1, 0.15) is 46.5 Å². The van der Waals surface area contributed by atoms with Crippen molar-refractivity contribution >= 4 is 15.6 Å². The van der Waals surface area contributed by atoms with Gasteiger partial charge in [-0.3, -0.25) is 4.79 Å². The van der Waals surface area contributed by atoms with E-state index in [4.69, 9.17) is 0 Å². The van der Waals surface area contributed by atoms with E-state index in [-0.39, 0.29) is 27.9 Å². The Morgan fingerprint density at radius 1 is 1.21 bits per heavy atom. The molecule has 0 bridgehead atoms. The van der Waals surface area contributed by atoms with Crippen molar-refractivity contribution in [2.75, 3.05) is 6.26 Å². The zero-order valence-electron chi connectivity index (χ0n) is 12.1. The maximum Gasteiger partial charge on any atom is 0.172 e. The molecule has 3 rings (SSSR count). The highest BCUT2D eigenvalue weighted by molar-refractivity contribution is 7.94. The van der Waals surface area contributed by atoms with Crippen molar-refractivity contribution in [3.05, 3.63) is 11.0 Å². The molecule has 3 nitrogen and oxygen atoms in total. The molecule has 0 radical (unpaired) electrons. The fourth-order valence-corrected chi connectivity index (χ4v) is 6.38. The summed E-state index contributed by atoms with van der Waals surface area (Å²) in [6, 6.07) is 0. The second-order valence-corrected chi connectivity index (χ2v) is 9.58. The van der Waals surface area contributed by atoms with E-state index in [0.717, 1.165) is 19.3 Å². The summed E-state index contributed by atoms with van der Waals surface area (Å²) in [7, 11) is -3.25. The molecule has 3 aliphatic rings. The van der Waals surface area contributed by atoms with Gasteiger partial charge in [0.2, 0.25) is 0 Å². The quantitative estimate of drug-likeness (QED) is 0.743. The highest BCUT2D eigenvalue weighted by Crippen LogP contribution is 2.75. The zero-order valence-corrected chi connectivity index (χ0v) is 12.9. The van der Waals surface area contributed by atoms with Crippen LogP contribution in [0.25, 0.3) is 0 Å². The molecule has 0 amide bonds. The van der Waals surface area contributed by atoms with E-state index in [2.05, 4.69) is 20.8 Å². The predicted octanol–water partition coefficient (Wildman–Crippen LogP) is 2.72. The number of allylic oxidation sites excluding steroid dienone is 2. The Morgan fingerprint density at radius 2 is 1.84 bits per heavy atom. The van der Waals surface area contributed by atoms with E-state index < -0.39 is 9.84 Å². The average Bonchev–Trinajstić information content (AvgIpc) is 2.25. The number of ketones is 1. The van der Waals surface area contributed by atoms with Gasteiger partial charge in [0, 0.05) is 18.1 Å². The Morgan fingerprint density at radius 3 is 2.42 bits per heavy atom. The molecule has 0 aromatic rings. The monoisotopic (exact) mass is 282 g/mol. The summed E-state index contributed by atoms with van der Waals surface area (Å²) in [6.07, 6.45) is 6.94. The molecule has 1 spiro atoms. The number of carbonyl (C=O) groups is 1. The Labute approximate surface area is 115 Å². The Kier molecular flexibility index (Phi) is 2.34. The molecule has 0 aromatic heterocycles. The average molecular weight is 282 g/mol. The van der Waals surface area contributed by atoms with E-state index in [1.54, 1.807) is 0 Å². The minimum Gasteiger partial charge on any atom is -0.299 e. The summed E-state index contributed by atoms with van der Waals surface area (Å²) in [4.78, 5) is 12.8. The van der Waals surface area contributed by atoms with Crippen molar-refractivity contribution < 1.29 is 13.2 Å². The topological polar surface area (TPSA) is 51.2 Å². The minimum absolute atomic E-state index is 0.00498. The van der Waals surface area contributed by atoms with Gasteiger partial charge < -0.3 is 0 Å². The minimum atomic E-state index is -3.25. The molecule has 0 saturated heterocycles. The Bertz CT molecular complexity index is 599. The van der Waals surface area contributed by atoms with Gasteiger partial charge in [-0.1, -0.05) is 33.3 Å². The van der Waals surface area contributed by atoms with Crippen LogP contribution in [0.5, 0.6) is 0 Å². The summed E-state index contributed by atoms with van der Waals surface area (Å²) < 4.78 is 23.7. The molecular formula is C15H22O3S. The Hall–Kier alpha value is -0.640. The maximum atomic E-state index is 12.4. The lowest BCUT2D eigenvalue weighted by Crippen LogP contribution is -2.58. The molecule has 0 aliphatic heterocycles. The van der Waals surface area contributed by atoms with E-state index >= 15 is 0 Å². The van der Waals surface area contributed by atoms with Gasteiger partial charge in [-0.25, -0.2) is 8.42 Å². The van der Waals surface area contributed by atoms with Crippen molar-refractivity contribution in [3.8, 4) is 0 Å². The van der Waals surface area contributed by atoms with Crippen LogP contribution in [-0.2, 0) is 14.6 Å². The number of rotatable bonds is 1. The summed E-state index contributed by atoms with van der Waals surface area (Å²) >= 11 is 0. The fourth-order valence-electron chi connectivity index (χ4n) is 5.23. The molecule has 3 atom stereocenters. The molecule has 0 unspecified atom stereocenters. The lowest BCUT2D eigenvalue weighted by molar-refractivity contribution is -0.123. The van der Waals surface area contributed by atoms with Crippen LogP contribution in [-0.4, -0.2) is 20.5 Å². The van der Waals surface area contributed by atoms with Crippen LogP contribution in [0.3, 0.4) is 0 Å². The normalized spacial score (nSPS) is 44.1. The zero-order chi connectivity index (χ0) is 14.3. The molecule has 4 heteroatoms. The number of hydrogen-bond donors (Lipinski definition) is 0. The number of sulfone groups is 1. The van der Waals surface area contributed by atoms with Gasteiger partial charge in [-0.05, 0) is 23.7 Å². The molecule has 0 aromatic carbocycles. The van der Waals surface area contributed by atoms with Crippen LogP contribution >= 0.6 is 0 Å². The summed E-state index contributed by atoms with van der Waals surface area (Å²) in [6.45, 7) is 6.58. The summed E-state index contributed by atoms with van der Waals surface area (Å²) in [5.41, 5.74) is -0.274. The SMILES string of the molecule is CC1(C)CCC[C@@]2(C)CC(=O)[C@@H]3C(S(C)(=O)=O)=C[C@]312. The van der Waals surface area contributed by atoms with Crippen molar-refractivity contribution in [1.82, 2.24) is 0 Å². The van der Waals surface area contributed by atoms with Gasteiger partial charge in [-0.2, -0.15) is 0 Å². The first kappa shape index (κ1) is 13.3. The van der Waals surface area contributed by atoms with Crippen molar-refractivity contribution in [1.29, 1.82) is 0 Å². The van der Waals surface area contributed by atoms with Crippen LogP contribution in [0.2, 0.25) is 0 Å². The molecule has 2 fully saturated rings. The third-order valence-corrected chi connectivity index (χ3v) is 7.28. The van der Waals surface area contributed by atoms with E-state index in [1.165, 1.54) is 6.26 Å². The summed E-state index contributed by atoms with van der Waals surface area (Å²) in [5.74, 6) is -0.233. The number of Topliss-reactive ketones (excluding diaryl/α,β-unsaturated/α-hetero) is 1. The number of hydrogen-bond acceptors (Lipinski definition) is 3. The molecule has 106 valence electrons. The van der Waals surface area contributed by atoms with E-state index in [9.17, 15) is 13.2 Å². The largest absolute Gasteiger partial charge is 0.299 e. The first-order valence-corrected chi connectivity index (χ1v) is 8.90. The smallest absolute Gasteiger partial charge is 0.172 e. The van der Waals surface area contributed by atoms with Gasteiger partial charge in [0.15, 0.2) is 9.84 Å². The van der Waals surface area contributed by atoms with Gasteiger partial charge in [0.25, 0.3) is 0 Å². The second-order valence-electron chi connectivity index (χ2n) is 7.56. The molecule has 0 heterocycles. The van der Waals surface area contributed by atoms with Gasteiger partial charge in [-0.15, -0.1) is 0 Å². The van der Waals surface area contributed by atoms with Crippen LogP contribution in [0.4, 0.5) is 0 Å². The standard InChI is InChI=1S/C15H22O3S/c1-13(2)6-5-7-14(3)8-10(16)12-11(19(4,17)18)9-15(12,13)14/h9,12H,5-8H2,1-4H3/t12-,14+,15+/m1/s1. The highest BCUT2D eigenvalue weighted by Gasteiger charge is 2.73.